The summed E-state index contributed by atoms with van der Waals surface area (Å²) < 4.78 is 6.93. The summed E-state index contributed by atoms with van der Waals surface area (Å²) in [6.45, 7) is 7.41. The second-order valence-electron chi connectivity index (χ2n) is 7.15. The van der Waals surface area contributed by atoms with Gasteiger partial charge < -0.3 is 9.32 Å². The van der Waals surface area contributed by atoms with Gasteiger partial charge in [0.05, 0.1) is 22.3 Å². The Labute approximate surface area is 144 Å². The van der Waals surface area contributed by atoms with Gasteiger partial charge >= 0.3 is 0 Å². The Kier molecular flexibility index (Phi) is 3.46. The van der Waals surface area contributed by atoms with Crippen molar-refractivity contribution < 1.29 is 9.21 Å². The van der Waals surface area contributed by atoms with Crippen LogP contribution < -0.4 is 0 Å². The second kappa shape index (κ2) is 5.41. The molecule has 0 saturated heterocycles. The number of aromatic nitrogens is 2. The van der Waals surface area contributed by atoms with Crippen molar-refractivity contribution in [3.05, 3.63) is 46.6 Å². The van der Waals surface area contributed by atoms with Crippen LogP contribution in [0.25, 0.3) is 10.2 Å². The highest BCUT2D eigenvalue weighted by atomic mass is 32.1. The summed E-state index contributed by atoms with van der Waals surface area (Å²) in [6.07, 6.45) is 0.715. The van der Waals surface area contributed by atoms with E-state index in [2.05, 4.69) is 30.7 Å². The van der Waals surface area contributed by atoms with E-state index in [1.807, 2.05) is 23.1 Å². The van der Waals surface area contributed by atoms with Crippen molar-refractivity contribution in [2.75, 3.05) is 6.54 Å². The molecular weight excluding hydrogens is 322 g/mol. The molecule has 0 radical (unpaired) electrons. The van der Waals surface area contributed by atoms with Crippen LogP contribution in [0, 0.1) is 0 Å². The highest BCUT2D eigenvalue weighted by Gasteiger charge is 2.29. The van der Waals surface area contributed by atoms with E-state index >= 15 is 0 Å². The molecule has 0 fully saturated rings. The lowest BCUT2D eigenvalue weighted by Gasteiger charge is -2.25. The minimum absolute atomic E-state index is 0.0382. The number of oxazole rings is 1. The monoisotopic (exact) mass is 341 g/mol. The van der Waals surface area contributed by atoms with Gasteiger partial charge in [0, 0.05) is 23.9 Å². The predicted octanol–water partition coefficient (Wildman–Crippen LogP) is 3.78. The maximum atomic E-state index is 12.8. The van der Waals surface area contributed by atoms with Crippen LogP contribution in [0.5, 0.6) is 0 Å². The third kappa shape index (κ3) is 2.60. The average Bonchev–Trinajstić information content (AvgIpc) is 3.18. The van der Waals surface area contributed by atoms with E-state index in [-0.39, 0.29) is 11.3 Å². The number of carbonyl (C=O) groups excluding carboxylic acids is 1. The average molecular weight is 341 g/mol. The number of hydrogen-bond acceptors (Lipinski definition) is 5. The van der Waals surface area contributed by atoms with Crippen molar-refractivity contribution in [3.8, 4) is 0 Å². The number of amides is 1. The van der Waals surface area contributed by atoms with Gasteiger partial charge in [0.15, 0.2) is 5.89 Å². The van der Waals surface area contributed by atoms with Crippen molar-refractivity contribution in [1.82, 2.24) is 14.9 Å². The predicted molar refractivity (Wildman–Crippen MR) is 93.3 cm³/mol. The van der Waals surface area contributed by atoms with Crippen molar-refractivity contribution >= 4 is 27.5 Å². The number of thiazole rings is 1. The van der Waals surface area contributed by atoms with E-state index in [0.29, 0.717) is 25.1 Å². The lowest BCUT2D eigenvalue weighted by molar-refractivity contribution is 0.0728. The second-order valence-corrected chi connectivity index (χ2v) is 8.04. The van der Waals surface area contributed by atoms with E-state index in [0.717, 1.165) is 27.6 Å². The molecule has 4 rings (SSSR count). The van der Waals surface area contributed by atoms with E-state index in [9.17, 15) is 4.79 Å². The Hall–Kier alpha value is -2.21. The van der Waals surface area contributed by atoms with Crippen LogP contribution in [0.15, 0.2) is 28.1 Å². The summed E-state index contributed by atoms with van der Waals surface area (Å²) in [7, 11) is 0. The number of nitrogens with zero attached hydrogens (tertiary/aromatic N) is 3. The standard InChI is InChI=1S/C18H19N3O2S/c1-18(2,3)17-20-13-9-21(7-6-14(13)23-17)16(22)11-4-5-12-15(8-11)24-10-19-12/h4-5,8,10H,6-7,9H2,1-3H3. The van der Waals surface area contributed by atoms with Gasteiger partial charge in [-0.05, 0) is 18.2 Å². The molecular formula is C18H19N3O2S. The molecule has 3 aromatic rings. The SMILES string of the molecule is CC(C)(C)c1nc2c(o1)CCN(C(=O)c1ccc3ncsc3c1)C2. The molecule has 0 N–H and O–H groups in total. The molecule has 6 heteroatoms. The number of benzene rings is 1. The zero-order valence-electron chi connectivity index (χ0n) is 14.0. The summed E-state index contributed by atoms with van der Waals surface area (Å²) in [5, 5.41) is 0. The van der Waals surface area contributed by atoms with Gasteiger partial charge in [0.25, 0.3) is 5.91 Å². The molecule has 1 aliphatic rings. The van der Waals surface area contributed by atoms with Gasteiger partial charge in [-0.3, -0.25) is 4.79 Å². The van der Waals surface area contributed by atoms with E-state index < -0.39 is 0 Å². The zero-order valence-corrected chi connectivity index (χ0v) is 14.8. The normalized spacial score (nSPS) is 14.9. The van der Waals surface area contributed by atoms with Crippen LogP contribution in [-0.4, -0.2) is 27.3 Å². The fraction of sp³-hybridized carbons (Fsp3) is 0.389. The van der Waals surface area contributed by atoms with Gasteiger partial charge in [0.1, 0.15) is 11.5 Å². The van der Waals surface area contributed by atoms with Crippen molar-refractivity contribution in [1.29, 1.82) is 0 Å². The molecule has 0 atom stereocenters. The first-order valence-electron chi connectivity index (χ1n) is 8.03. The number of rotatable bonds is 1. The Morgan fingerprint density at radius 2 is 2.17 bits per heavy atom. The summed E-state index contributed by atoms with van der Waals surface area (Å²) in [6, 6.07) is 5.68. The highest BCUT2D eigenvalue weighted by Crippen LogP contribution is 2.28. The smallest absolute Gasteiger partial charge is 0.254 e. The minimum atomic E-state index is -0.122. The lowest BCUT2D eigenvalue weighted by Crippen LogP contribution is -2.35. The van der Waals surface area contributed by atoms with Crippen molar-refractivity contribution in [2.45, 2.75) is 39.2 Å². The molecule has 24 heavy (non-hydrogen) atoms. The van der Waals surface area contributed by atoms with Crippen LogP contribution in [0.4, 0.5) is 0 Å². The molecule has 1 aromatic carbocycles. The maximum absolute atomic E-state index is 12.8. The Bertz CT molecular complexity index is 920. The third-order valence-electron chi connectivity index (χ3n) is 4.23. The summed E-state index contributed by atoms with van der Waals surface area (Å²) in [5.74, 6) is 1.70. The Morgan fingerprint density at radius 1 is 1.33 bits per heavy atom. The number of carbonyl (C=O) groups is 1. The first kappa shape index (κ1) is 15.3. The fourth-order valence-electron chi connectivity index (χ4n) is 2.86. The highest BCUT2D eigenvalue weighted by molar-refractivity contribution is 7.16. The summed E-state index contributed by atoms with van der Waals surface area (Å²) in [4.78, 5) is 23.6. The summed E-state index contributed by atoms with van der Waals surface area (Å²) in [5.41, 5.74) is 4.20. The molecule has 0 unspecified atom stereocenters. The molecule has 1 aliphatic heterocycles. The van der Waals surface area contributed by atoms with Gasteiger partial charge in [-0.2, -0.15) is 0 Å². The van der Waals surface area contributed by atoms with Gasteiger partial charge in [0.2, 0.25) is 0 Å². The molecule has 1 amide bonds. The van der Waals surface area contributed by atoms with Crippen LogP contribution in [-0.2, 0) is 18.4 Å². The quantitative estimate of drug-likeness (QED) is 0.676. The number of fused-ring (bicyclic) bond motifs is 2. The van der Waals surface area contributed by atoms with Crippen molar-refractivity contribution in [2.24, 2.45) is 0 Å². The van der Waals surface area contributed by atoms with Gasteiger partial charge in [-0.25, -0.2) is 9.97 Å². The van der Waals surface area contributed by atoms with Gasteiger partial charge in [-0.1, -0.05) is 20.8 Å². The molecule has 2 aromatic heterocycles. The lowest BCUT2D eigenvalue weighted by atomic mass is 9.97. The zero-order chi connectivity index (χ0) is 16.9. The van der Waals surface area contributed by atoms with Crippen molar-refractivity contribution in [3.63, 3.8) is 0 Å². The summed E-state index contributed by atoms with van der Waals surface area (Å²) >= 11 is 1.55. The Morgan fingerprint density at radius 3 is 2.96 bits per heavy atom. The van der Waals surface area contributed by atoms with E-state index in [4.69, 9.17) is 4.42 Å². The molecule has 5 nitrogen and oxygen atoms in total. The molecule has 0 spiro atoms. The van der Waals surface area contributed by atoms with Crippen LogP contribution in [0.1, 0.15) is 48.5 Å². The molecule has 0 aliphatic carbocycles. The largest absolute Gasteiger partial charge is 0.445 e. The van der Waals surface area contributed by atoms with E-state index in [1.54, 1.807) is 16.8 Å². The topological polar surface area (TPSA) is 59.2 Å². The molecule has 0 bridgehead atoms. The maximum Gasteiger partial charge on any atom is 0.254 e. The molecule has 0 saturated carbocycles. The van der Waals surface area contributed by atoms with E-state index in [1.165, 1.54) is 0 Å². The third-order valence-corrected chi connectivity index (χ3v) is 5.03. The van der Waals surface area contributed by atoms with Crippen LogP contribution >= 0.6 is 11.3 Å². The fourth-order valence-corrected chi connectivity index (χ4v) is 3.58. The minimum Gasteiger partial charge on any atom is -0.445 e. The van der Waals surface area contributed by atoms with Crippen LogP contribution in [0.2, 0.25) is 0 Å². The molecule has 124 valence electrons. The molecule has 3 heterocycles. The van der Waals surface area contributed by atoms with Crippen LogP contribution in [0.3, 0.4) is 0 Å². The van der Waals surface area contributed by atoms with Gasteiger partial charge in [-0.15, -0.1) is 11.3 Å². The Balaban J connectivity index is 1.59. The first-order chi connectivity index (χ1) is 11.4. The number of hydrogen-bond donors (Lipinski definition) is 0. The first-order valence-corrected chi connectivity index (χ1v) is 8.91.